The summed E-state index contributed by atoms with van der Waals surface area (Å²) in [6.07, 6.45) is 2.67. The third-order valence-corrected chi connectivity index (χ3v) is 4.35. The number of anilines is 1. The second-order valence-corrected chi connectivity index (χ2v) is 5.89. The lowest BCUT2D eigenvalue weighted by Crippen LogP contribution is -2.48. The number of rotatable bonds is 4. The zero-order valence-corrected chi connectivity index (χ0v) is 12.1. The Morgan fingerprint density at radius 3 is 2.67 bits per heavy atom. The number of hydrogen-bond donors (Lipinski definition) is 2. The summed E-state index contributed by atoms with van der Waals surface area (Å²) in [5.41, 5.74) is 1.68. The van der Waals surface area contributed by atoms with Crippen LogP contribution < -0.4 is 10.2 Å². The van der Waals surface area contributed by atoms with Crippen molar-refractivity contribution in [3.8, 4) is 0 Å². The van der Waals surface area contributed by atoms with E-state index in [2.05, 4.69) is 5.32 Å². The van der Waals surface area contributed by atoms with Gasteiger partial charge in [0.25, 0.3) is 0 Å². The molecule has 2 unspecified atom stereocenters. The molecular weight excluding hydrogens is 268 g/mol. The number of carboxylic acids is 1. The fraction of sp³-hybridized carbons (Fsp3) is 0.500. The number of nitrogens with one attached hydrogen (secondary N) is 1. The number of amides is 1. The minimum atomic E-state index is -0.794. The second-order valence-electron chi connectivity index (χ2n) is 5.89. The molecule has 1 saturated carbocycles. The van der Waals surface area contributed by atoms with Gasteiger partial charge in [0.05, 0.1) is 5.92 Å². The van der Waals surface area contributed by atoms with Crippen LogP contribution in [0.5, 0.6) is 0 Å². The van der Waals surface area contributed by atoms with Crippen molar-refractivity contribution in [2.24, 2.45) is 0 Å². The smallest absolute Gasteiger partial charge is 0.311 e. The number of para-hydroxylation sites is 1. The monoisotopic (exact) mass is 288 g/mol. The molecule has 112 valence electrons. The first kappa shape index (κ1) is 13.9. The van der Waals surface area contributed by atoms with Gasteiger partial charge in [-0.1, -0.05) is 18.2 Å². The van der Waals surface area contributed by atoms with Crippen LogP contribution in [0.1, 0.15) is 37.7 Å². The quantitative estimate of drug-likeness (QED) is 0.885. The van der Waals surface area contributed by atoms with E-state index in [1.807, 2.05) is 36.1 Å². The zero-order valence-electron chi connectivity index (χ0n) is 12.1. The first-order chi connectivity index (χ1) is 10.1. The van der Waals surface area contributed by atoms with Crippen LogP contribution in [0.4, 0.5) is 5.69 Å². The molecule has 1 amide bonds. The minimum Gasteiger partial charge on any atom is -0.481 e. The van der Waals surface area contributed by atoms with E-state index < -0.39 is 11.9 Å². The fourth-order valence-electron chi connectivity index (χ4n) is 2.94. The summed E-state index contributed by atoms with van der Waals surface area (Å²) < 4.78 is 0. The summed E-state index contributed by atoms with van der Waals surface area (Å²) in [4.78, 5) is 25.7. The minimum absolute atomic E-state index is 0.0288. The van der Waals surface area contributed by atoms with Crippen LogP contribution in [0.15, 0.2) is 24.3 Å². The van der Waals surface area contributed by atoms with E-state index in [0.29, 0.717) is 19.0 Å². The van der Waals surface area contributed by atoms with Gasteiger partial charge in [0, 0.05) is 18.3 Å². The number of carbonyl (C=O) groups excluding carboxylic acids is 1. The van der Waals surface area contributed by atoms with Crippen molar-refractivity contribution in [1.29, 1.82) is 0 Å². The van der Waals surface area contributed by atoms with Gasteiger partial charge in [-0.3, -0.25) is 9.59 Å². The lowest BCUT2D eigenvalue weighted by atomic mass is 9.89. The maximum absolute atomic E-state index is 12.2. The molecule has 21 heavy (non-hydrogen) atoms. The Kier molecular flexibility index (Phi) is 3.57. The molecule has 5 heteroatoms. The molecule has 0 spiro atoms. The number of carbonyl (C=O) groups is 2. The Morgan fingerprint density at radius 2 is 2.00 bits per heavy atom. The van der Waals surface area contributed by atoms with Gasteiger partial charge in [-0.05, 0) is 37.8 Å². The molecule has 2 atom stereocenters. The normalized spacial score (nSPS) is 22.3. The molecule has 0 aromatic heterocycles. The van der Waals surface area contributed by atoms with E-state index in [-0.39, 0.29) is 11.9 Å². The first-order valence-electron chi connectivity index (χ1n) is 7.46. The van der Waals surface area contributed by atoms with Gasteiger partial charge < -0.3 is 15.3 Å². The maximum Gasteiger partial charge on any atom is 0.311 e. The third-order valence-electron chi connectivity index (χ3n) is 4.35. The molecule has 1 aliphatic carbocycles. The maximum atomic E-state index is 12.2. The first-order valence-corrected chi connectivity index (χ1v) is 7.46. The van der Waals surface area contributed by atoms with Crippen molar-refractivity contribution in [2.75, 3.05) is 11.4 Å². The highest BCUT2D eigenvalue weighted by atomic mass is 16.4. The van der Waals surface area contributed by atoms with Crippen LogP contribution >= 0.6 is 0 Å². The van der Waals surface area contributed by atoms with Gasteiger partial charge >= 0.3 is 5.97 Å². The predicted molar refractivity (Wildman–Crippen MR) is 79.4 cm³/mol. The highest BCUT2D eigenvalue weighted by Gasteiger charge is 2.34. The lowest BCUT2D eigenvalue weighted by Gasteiger charge is -2.37. The number of benzene rings is 1. The van der Waals surface area contributed by atoms with Crippen LogP contribution in [0.2, 0.25) is 0 Å². The van der Waals surface area contributed by atoms with Crippen molar-refractivity contribution in [1.82, 2.24) is 5.32 Å². The van der Waals surface area contributed by atoms with E-state index >= 15 is 0 Å². The molecule has 5 nitrogen and oxygen atoms in total. The molecule has 1 aromatic rings. The SMILES string of the molecule is CC(C(=O)NC1CC1)N1CCC(C(=O)O)c2ccccc21. The topological polar surface area (TPSA) is 69.6 Å². The molecule has 3 rings (SSSR count). The fourth-order valence-corrected chi connectivity index (χ4v) is 2.94. The summed E-state index contributed by atoms with van der Waals surface area (Å²) in [6.45, 7) is 2.48. The Hall–Kier alpha value is -2.04. The number of carboxylic acid groups (broad SMARTS) is 1. The second kappa shape index (κ2) is 5.39. The average Bonchev–Trinajstić information content (AvgIpc) is 3.29. The van der Waals surface area contributed by atoms with Crippen LogP contribution in [0.25, 0.3) is 0 Å². The van der Waals surface area contributed by atoms with Crippen molar-refractivity contribution in [3.05, 3.63) is 29.8 Å². The van der Waals surface area contributed by atoms with Gasteiger partial charge in [0.1, 0.15) is 6.04 Å². The molecule has 1 aromatic carbocycles. The molecule has 1 aliphatic heterocycles. The lowest BCUT2D eigenvalue weighted by molar-refractivity contribution is -0.139. The van der Waals surface area contributed by atoms with E-state index in [4.69, 9.17) is 0 Å². The predicted octanol–water partition coefficient (Wildman–Crippen LogP) is 1.73. The van der Waals surface area contributed by atoms with Gasteiger partial charge in [0.15, 0.2) is 0 Å². The standard InChI is InChI=1S/C16H20N2O3/c1-10(15(19)17-11-6-7-11)18-9-8-13(16(20)21)12-4-2-3-5-14(12)18/h2-5,10-11,13H,6-9H2,1H3,(H,17,19)(H,20,21). The summed E-state index contributed by atoms with van der Waals surface area (Å²) in [5.74, 6) is -1.24. The van der Waals surface area contributed by atoms with Crippen molar-refractivity contribution in [2.45, 2.75) is 44.2 Å². The number of hydrogen-bond acceptors (Lipinski definition) is 3. The molecule has 0 radical (unpaired) electrons. The van der Waals surface area contributed by atoms with E-state index in [0.717, 1.165) is 24.1 Å². The number of nitrogens with zero attached hydrogens (tertiary/aromatic N) is 1. The van der Waals surface area contributed by atoms with E-state index in [1.165, 1.54) is 0 Å². The molecule has 0 saturated heterocycles. The van der Waals surface area contributed by atoms with Gasteiger partial charge in [-0.2, -0.15) is 0 Å². The zero-order chi connectivity index (χ0) is 15.0. The van der Waals surface area contributed by atoms with Gasteiger partial charge in [-0.25, -0.2) is 0 Å². The molecular formula is C16H20N2O3. The van der Waals surface area contributed by atoms with Gasteiger partial charge in [0.2, 0.25) is 5.91 Å². The van der Waals surface area contributed by atoms with Crippen molar-refractivity contribution >= 4 is 17.6 Å². The summed E-state index contributed by atoms with van der Waals surface area (Å²) in [5, 5.41) is 12.4. The number of fused-ring (bicyclic) bond motifs is 1. The Morgan fingerprint density at radius 1 is 1.29 bits per heavy atom. The highest BCUT2D eigenvalue weighted by Crippen LogP contribution is 2.36. The number of aliphatic carboxylic acids is 1. The molecule has 2 N–H and O–H groups in total. The average molecular weight is 288 g/mol. The largest absolute Gasteiger partial charge is 0.481 e. The van der Waals surface area contributed by atoms with Crippen molar-refractivity contribution < 1.29 is 14.7 Å². The van der Waals surface area contributed by atoms with Crippen LogP contribution in [0, 0.1) is 0 Å². The summed E-state index contributed by atoms with van der Waals surface area (Å²) in [6, 6.07) is 7.57. The Labute approximate surface area is 123 Å². The summed E-state index contributed by atoms with van der Waals surface area (Å²) in [7, 11) is 0. The van der Waals surface area contributed by atoms with Crippen LogP contribution in [0.3, 0.4) is 0 Å². The molecule has 0 bridgehead atoms. The van der Waals surface area contributed by atoms with Crippen molar-refractivity contribution in [3.63, 3.8) is 0 Å². The van der Waals surface area contributed by atoms with E-state index in [9.17, 15) is 14.7 Å². The highest BCUT2D eigenvalue weighted by molar-refractivity contribution is 5.87. The van der Waals surface area contributed by atoms with Gasteiger partial charge in [-0.15, -0.1) is 0 Å². The van der Waals surface area contributed by atoms with Crippen LogP contribution in [-0.2, 0) is 9.59 Å². The van der Waals surface area contributed by atoms with Crippen LogP contribution in [-0.4, -0.2) is 35.6 Å². The molecule has 1 heterocycles. The van der Waals surface area contributed by atoms with E-state index in [1.54, 1.807) is 0 Å². The Bertz CT molecular complexity index is 568. The molecule has 2 aliphatic rings. The Balaban J connectivity index is 1.84. The third kappa shape index (κ3) is 2.73. The molecule has 1 fully saturated rings. The summed E-state index contributed by atoms with van der Waals surface area (Å²) >= 11 is 0.